The topological polar surface area (TPSA) is 0 Å². The van der Waals surface area contributed by atoms with E-state index in [9.17, 15) is 0 Å². The van der Waals surface area contributed by atoms with Crippen LogP contribution in [-0.2, 0) is 26.2 Å². The van der Waals surface area contributed by atoms with Crippen LogP contribution in [0, 0.1) is 27.7 Å². The van der Waals surface area contributed by atoms with Crippen LogP contribution in [-0.4, -0.2) is 0 Å². The second-order valence-corrected chi connectivity index (χ2v) is 11.3. The maximum atomic E-state index is 3.38. The third-order valence-electron chi connectivity index (χ3n) is 6.62. The van der Waals surface area contributed by atoms with Crippen molar-refractivity contribution in [1.82, 2.24) is 0 Å². The molecule has 0 amide bonds. The standard InChI is InChI=1S/2C16H21.C3H6.2ClH.Zr/c2*1-10(2)13-8-14-6-12(5)7-16(14)15(9-13)11(3)4;1-3-2;;;/h2*6-11H,1-5H3;1-3H2;2*1H;/q2*-1;-2;;;+2/p-2. The Hall–Kier alpha value is -0.877. The van der Waals surface area contributed by atoms with E-state index < -0.39 is 0 Å². The summed E-state index contributed by atoms with van der Waals surface area (Å²) < 4.78 is 0. The summed E-state index contributed by atoms with van der Waals surface area (Å²) in [5.74, 6) is 2.42. The van der Waals surface area contributed by atoms with E-state index in [-0.39, 0.29) is 51.0 Å². The van der Waals surface area contributed by atoms with Gasteiger partial charge in [-0.2, -0.15) is 12.1 Å². The zero-order valence-electron chi connectivity index (χ0n) is 25.3. The number of halogens is 2. The van der Waals surface area contributed by atoms with Crippen molar-refractivity contribution in [2.24, 2.45) is 0 Å². The summed E-state index contributed by atoms with van der Waals surface area (Å²) in [4.78, 5) is 0. The SMILES string of the molecule is Cc1cc2c(C(C)C)cc(C(C)C)cc2[cH-]1.Cc1cc2c(C(C)C)cc(C(C)C)cc2[cH-]1.[CH2-]C[CH2-].[Cl-].[Cl-].[Zr+2]. The summed E-state index contributed by atoms with van der Waals surface area (Å²) in [7, 11) is 0. The van der Waals surface area contributed by atoms with Gasteiger partial charge in [0.05, 0.1) is 0 Å². The number of fused-ring (bicyclic) bond motifs is 2. The molecule has 0 aliphatic carbocycles. The Morgan fingerprint density at radius 3 is 1.08 bits per heavy atom. The van der Waals surface area contributed by atoms with Crippen LogP contribution >= 0.6 is 0 Å². The fraction of sp³-hybridized carbons (Fsp3) is 0.429. The fourth-order valence-corrected chi connectivity index (χ4v) is 4.67. The van der Waals surface area contributed by atoms with Crippen LogP contribution in [0.15, 0.2) is 48.5 Å². The quantitative estimate of drug-likeness (QED) is 0.270. The van der Waals surface area contributed by atoms with Crippen molar-refractivity contribution >= 4 is 21.5 Å². The van der Waals surface area contributed by atoms with Gasteiger partial charge in [-0.15, -0.1) is 56.9 Å². The van der Waals surface area contributed by atoms with Crippen LogP contribution in [0.3, 0.4) is 0 Å². The Morgan fingerprint density at radius 2 is 0.842 bits per heavy atom. The van der Waals surface area contributed by atoms with Crippen molar-refractivity contribution in [3.8, 4) is 0 Å². The van der Waals surface area contributed by atoms with E-state index in [1.807, 2.05) is 0 Å². The summed E-state index contributed by atoms with van der Waals surface area (Å²) in [5.41, 5.74) is 8.66. The van der Waals surface area contributed by atoms with Gasteiger partial charge in [-0.05, 0) is 23.7 Å². The monoisotopic (exact) mass is 628 g/mol. The Labute approximate surface area is 266 Å². The maximum absolute atomic E-state index is 3.38. The summed E-state index contributed by atoms with van der Waals surface area (Å²) >= 11 is 0. The van der Waals surface area contributed by atoms with Crippen LogP contribution in [0.25, 0.3) is 21.5 Å². The molecule has 0 spiro atoms. The first-order valence-corrected chi connectivity index (χ1v) is 13.4. The van der Waals surface area contributed by atoms with E-state index in [1.165, 1.54) is 54.9 Å². The minimum Gasteiger partial charge on any atom is -1.00 e. The molecule has 0 aliphatic rings. The molecule has 4 aromatic rings. The molecule has 0 atom stereocenters. The molecule has 0 N–H and O–H groups in total. The molecule has 0 unspecified atom stereocenters. The van der Waals surface area contributed by atoms with E-state index in [2.05, 4.69) is 132 Å². The number of rotatable bonds is 4. The van der Waals surface area contributed by atoms with Crippen LogP contribution in [0.1, 0.15) is 119 Å². The summed E-state index contributed by atoms with van der Waals surface area (Å²) in [6.07, 6.45) is 0.750. The van der Waals surface area contributed by atoms with Crippen molar-refractivity contribution in [2.75, 3.05) is 0 Å². The zero-order chi connectivity index (χ0) is 26.4. The molecule has 3 heteroatoms. The van der Waals surface area contributed by atoms with Crippen LogP contribution in [0.4, 0.5) is 0 Å². The molecule has 0 heterocycles. The van der Waals surface area contributed by atoms with Gasteiger partial charge in [0.25, 0.3) is 0 Å². The first-order valence-electron chi connectivity index (χ1n) is 13.4. The predicted molar refractivity (Wildman–Crippen MR) is 160 cm³/mol. The third kappa shape index (κ3) is 10.3. The Bertz CT molecular complexity index is 1130. The van der Waals surface area contributed by atoms with E-state index in [0.717, 1.165) is 6.42 Å². The molecule has 0 nitrogen and oxygen atoms in total. The smallest absolute Gasteiger partial charge is 1.00 e. The molecule has 0 saturated carbocycles. The van der Waals surface area contributed by atoms with Gasteiger partial charge in [-0.3, -0.25) is 0 Å². The minimum absolute atomic E-state index is 0. The number of aryl methyl sites for hydroxylation is 2. The Kier molecular flexibility index (Phi) is 18.3. The Morgan fingerprint density at radius 1 is 0.553 bits per heavy atom. The minimum atomic E-state index is 0. The van der Waals surface area contributed by atoms with E-state index >= 15 is 0 Å². The van der Waals surface area contributed by atoms with E-state index in [4.69, 9.17) is 0 Å². The zero-order valence-corrected chi connectivity index (χ0v) is 29.3. The van der Waals surface area contributed by atoms with Crippen molar-refractivity contribution in [1.29, 1.82) is 0 Å². The van der Waals surface area contributed by atoms with E-state index in [0.29, 0.717) is 23.7 Å². The average Bonchev–Trinajstić information content (AvgIpc) is 3.33. The van der Waals surface area contributed by atoms with Gasteiger partial charge >= 0.3 is 26.2 Å². The van der Waals surface area contributed by atoms with Gasteiger partial charge in [-0.25, -0.2) is 0 Å². The van der Waals surface area contributed by atoms with Gasteiger partial charge in [0.15, 0.2) is 0 Å². The average molecular weight is 631 g/mol. The number of benzene rings is 2. The fourth-order valence-electron chi connectivity index (χ4n) is 4.67. The van der Waals surface area contributed by atoms with Gasteiger partial charge < -0.3 is 45.1 Å². The molecule has 38 heavy (non-hydrogen) atoms. The maximum Gasteiger partial charge on any atom is 2.00 e. The second kappa shape index (κ2) is 17.7. The molecular formula is C35H48Cl2Zr-4. The molecule has 0 saturated heterocycles. The molecule has 0 aromatic heterocycles. The van der Waals surface area contributed by atoms with Crippen molar-refractivity contribution in [3.05, 3.63) is 95.8 Å². The van der Waals surface area contributed by atoms with Crippen LogP contribution < -0.4 is 24.8 Å². The second-order valence-electron chi connectivity index (χ2n) is 11.3. The van der Waals surface area contributed by atoms with E-state index in [1.54, 1.807) is 0 Å². The van der Waals surface area contributed by atoms with Gasteiger partial charge in [0.1, 0.15) is 0 Å². The molecule has 4 aromatic carbocycles. The Balaban J connectivity index is 0. The molecule has 0 radical (unpaired) electrons. The summed E-state index contributed by atoms with van der Waals surface area (Å²) in [5, 5.41) is 5.70. The molecule has 0 aliphatic heterocycles. The normalized spacial score (nSPS) is 10.5. The number of hydrogen-bond acceptors (Lipinski definition) is 0. The van der Waals surface area contributed by atoms with Gasteiger partial charge in [-0.1, -0.05) is 104 Å². The third-order valence-corrected chi connectivity index (χ3v) is 6.62. The summed E-state index contributed by atoms with van der Waals surface area (Å²) in [6, 6.07) is 18.7. The molecule has 210 valence electrons. The van der Waals surface area contributed by atoms with Gasteiger partial charge in [0, 0.05) is 0 Å². The largest absolute Gasteiger partial charge is 2.00 e. The van der Waals surface area contributed by atoms with Crippen LogP contribution in [0.5, 0.6) is 0 Å². The number of hydrogen-bond donors (Lipinski definition) is 0. The summed E-state index contributed by atoms with van der Waals surface area (Å²) in [6.45, 7) is 29.3. The van der Waals surface area contributed by atoms with Crippen molar-refractivity contribution in [2.45, 2.75) is 99.3 Å². The van der Waals surface area contributed by atoms with Crippen LogP contribution in [0.2, 0.25) is 0 Å². The molecule has 0 bridgehead atoms. The molecule has 4 rings (SSSR count). The van der Waals surface area contributed by atoms with Gasteiger partial charge in [0.2, 0.25) is 0 Å². The molecule has 0 fully saturated rings. The van der Waals surface area contributed by atoms with Crippen molar-refractivity contribution in [3.63, 3.8) is 0 Å². The molecular weight excluding hydrogens is 583 g/mol. The first-order chi connectivity index (χ1) is 16.4. The first kappa shape index (κ1) is 39.3. The van der Waals surface area contributed by atoms with Crippen molar-refractivity contribution < 1.29 is 51.0 Å². The predicted octanol–water partition coefficient (Wildman–Crippen LogP) is 5.28.